The third kappa shape index (κ3) is 5.91. The van der Waals surface area contributed by atoms with Crippen LogP contribution < -0.4 is 14.8 Å². The molecule has 2 aromatic carbocycles. The SMILES string of the molecule is CC1CN(C(=O)COc2ccc(Cl)cc2OC2(C(=O)O)CCCN2)C(C)CN1Cc1ccc(F)cc1. The molecule has 3 unspecified atom stereocenters. The van der Waals surface area contributed by atoms with Crippen molar-refractivity contribution in [2.75, 3.05) is 26.2 Å². The minimum atomic E-state index is -1.56. The van der Waals surface area contributed by atoms with Gasteiger partial charge in [-0.15, -0.1) is 0 Å². The van der Waals surface area contributed by atoms with E-state index in [0.29, 0.717) is 44.0 Å². The van der Waals surface area contributed by atoms with E-state index in [4.69, 9.17) is 21.1 Å². The van der Waals surface area contributed by atoms with Crippen LogP contribution in [-0.4, -0.2) is 70.8 Å². The topological polar surface area (TPSA) is 91.3 Å². The van der Waals surface area contributed by atoms with Gasteiger partial charge in [0.1, 0.15) is 5.82 Å². The highest BCUT2D eigenvalue weighted by atomic mass is 35.5. The van der Waals surface area contributed by atoms with E-state index in [1.807, 2.05) is 6.92 Å². The number of nitrogens with zero attached hydrogens (tertiary/aromatic N) is 2. The number of carboxylic acids is 1. The fourth-order valence-corrected chi connectivity index (χ4v) is 4.87. The Bertz CT molecular complexity index is 1090. The lowest BCUT2D eigenvalue weighted by atomic mass is 10.1. The smallest absolute Gasteiger partial charge is 0.363 e. The number of piperazine rings is 1. The van der Waals surface area contributed by atoms with Gasteiger partial charge in [0, 0.05) is 49.2 Å². The number of benzene rings is 2. The Morgan fingerprint density at radius 3 is 2.56 bits per heavy atom. The van der Waals surface area contributed by atoms with Crippen molar-refractivity contribution in [2.45, 2.75) is 51.0 Å². The first-order valence-corrected chi connectivity index (χ1v) is 12.4. The van der Waals surface area contributed by atoms with Crippen molar-refractivity contribution < 1.29 is 28.6 Å². The molecule has 4 rings (SSSR count). The summed E-state index contributed by atoms with van der Waals surface area (Å²) in [5.74, 6) is -1.15. The van der Waals surface area contributed by atoms with Crippen molar-refractivity contribution in [1.29, 1.82) is 0 Å². The maximum Gasteiger partial charge on any atom is 0.363 e. The molecule has 0 aromatic heterocycles. The van der Waals surface area contributed by atoms with Crippen molar-refractivity contribution in [3.63, 3.8) is 0 Å². The van der Waals surface area contributed by atoms with Crippen LogP contribution in [0.3, 0.4) is 0 Å². The second-order valence-corrected chi connectivity index (χ2v) is 9.88. The summed E-state index contributed by atoms with van der Waals surface area (Å²) in [7, 11) is 0. The number of halogens is 2. The molecule has 8 nitrogen and oxygen atoms in total. The van der Waals surface area contributed by atoms with Crippen LogP contribution in [0.15, 0.2) is 42.5 Å². The first-order valence-electron chi connectivity index (χ1n) is 12.0. The van der Waals surface area contributed by atoms with Gasteiger partial charge in [-0.3, -0.25) is 15.0 Å². The van der Waals surface area contributed by atoms with E-state index in [9.17, 15) is 19.1 Å². The van der Waals surface area contributed by atoms with Crippen LogP contribution >= 0.6 is 11.6 Å². The van der Waals surface area contributed by atoms with E-state index in [2.05, 4.69) is 17.1 Å². The quantitative estimate of drug-likeness (QED) is 0.551. The molecule has 10 heteroatoms. The molecule has 2 aliphatic heterocycles. The average molecular weight is 520 g/mol. The highest BCUT2D eigenvalue weighted by Crippen LogP contribution is 2.35. The summed E-state index contributed by atoms with van der Waals surface area (Å²) in [6.07, 6.45) is 0.954. The summed E-state index contributed by atoms with van der Waals surface area (Å²) < 4.78 is 24.9. The molecule has 2 saturated heterocycles. The third-order valence-corrected chi connectivity index (χ3v) is 6.97. The molecule has 194 valence electrons. The van der Waals surface area contributed by atoms with Gasteiger partial charge in [0.05, 0.1) is 0 Å². The predicted molar refractivity (Wildman–Crippen MR) is 133 cm³/mol. The second-order valence-electron chi connectivity index (χ2n) is 9.44. The first kappa shape index (κ1) is 26.2. The minimum absolute atomic E-state index is 0.0448. The summed E-state index contributed by atoms with van der Waals surface area (Å²) >= 11 is 6.12. The lowest BCUT2D eigenvalue weighted by Crippen LogP contribution is -2.58. The Kier molecular flexibility index (Phi) is 8.02. The molecule has 36 heavy (non-hydrogen) atoms. The monoisotopic (exact) mass is 519 g/mol. The summed E-state index contributed by atoms with van der Waals surface area (Å²) in [6.45, 7) is 6.22. The van der Waals surface area contributed by atoms with Gasteiger partial charge in [0.15, 0.2) is 18.1 Å². The molecule has 0 bridgehead atoms. The maximum atomic E-state index is 13.2. The van der Waals surface area contributed by atoms with E-state index < -0.39 is 11.7 Å². The Labute approximate surface area is 214 Å². The van der Waals surface area contributed by atoms with Gasteiger partial charge in [-0.25, -0.2) is 9.18 Å². The molecule has 2 heterocycles. The summed E-state index contributed by atoms with van der Waals surface area (Å²) in [5.41, 5.74) is -0.540. The number of hydrogen-bond acceptors (Lipinski definition) is 6. The first-order chi connectivity index (χ1) is 17.2. The van der Waals surface area contributed by atoms with Gasteiger partial charge in [0.2, 0.25) is 0 Å². The van der Waals surface area contributed by atoms with Crippen LogP contribution in [-0.2, 0) is 16.1 Å². The summed E-state index contributed by atoms with van der Waals surface area (Å²) in [4.78, 5) is 29.0. The number of carbonyl (C=O) groups excluding carboxylic acids is 1. The normalized spacial score (nSPS) is 24.5. The number of amides is 1. The van der Waals surface area contributed by atoms with Crippen LogP contribution in [0.2, 0.25) is 5.02 Å². The van der Waals surface area contributed by atoms with Crippen LogP contribution in [0.5, 0.6) is 11.5 Å². The van der Waals surface area contributed by atoms with E-state index in [1.165, 1.54) is 18.2 Å². The van der Waals surface area contributed by atoms with Gasteiger partial charge in [-0.1, -0.05) is 23.7 Å². The molecule has 0 radical (unpaired) electrons. The zero-order valence-corrected chi connectivity index (χ0v) is 21.1. The van der Waals surface area contributed by atoms with Crippen molar-refractivity contribution in [3.8, 4) is 11.5 Å². The molecule has 2 fully saturated rings. The highest BCUT2D eigenvalue weighted by molar-refractivity contribution is 6.30. The number of ether oxygens (including phenoxy) is 2. The minimum Gasteiger partial charge on any atom is -0.480 e. The van der Waals surface area contributed by atoms with Gasteiger partial charge in [-0.05, 0) is 56.6 Å². The number of rotatable bonds is 8. The molecule has 2 N–H and O–H groups in total. The Hall–Kier alpha value is -2.88. The van der Waals surface area contributed by atoms with E-state index in [-0.39, 0.29) is 41.9 Å². The van der Waals surface area contributed by atoms with Gasteiger partial charge < -0.3 is 19.5 Å². The Morgan fingerprint density at radius 1 is 1.14 bits per heavy atom. The number of aliphatic carboxylic acids is 1. The molecule has 2 aliphatic rings. The lowest BCUT2D eigenvalue weighted by molar-refractivity contribution is -0.157. The van der Waals surface area contributed by atoms with Gasteiger partial charge >= 0.3 is 5.97 Å². The van der Waals surface area contributed by atoms with E-state index >= 15 is 0 Å². The predicted octanol–water partition coefficient (Wildman–Crippen LogP) is 3.52. The van der Waals surface area contributed by atoms with Crippen molar-refractivity contribution >= 4 is 23.5 Å². The second kappa shape index (κ2) is 11.0. The zero-order chi connectivity index (χ0) is 25.9. The van der Waals surface area contributed by atoms with Crippen LogP contribution in [0.4, 0.5) is 4.39 Å². The molecular formula is C26H31ClFN3O5. The van der Waals surface area contributed by atoms with Crippen LogP contribution in [0.1, 0.15) is 32.3 Å². The van der Waals surface area contributed by atoms with E-state index in [1.54, 1.807) is 29.2 Å². The molecule has 0 aliphatic carbocycles. The molecule has 3 atom stereocenters. The Balaban J connectivity index is 1.38. The molecule has 0 spiro atoms. The van der Waals surface area contributed by atoms with Crippen LogP contribution in [0.25, 0.3) is 0 Å². The fourth-order valence-electron chi connectivity index (χ4n) is 4.71. The van der Waals surface area contributed by atoms with Crippen molar-refractivity contribution in [3.05, 3.63) is 58.9 Å². The van der Waals surface area contributed by atoms with Crippen LogP contribution in [0, 0.1) is 5.82 Å². The van der Waals surface area contributed by atoms with E-state index in [0.717, 1.165) is 5.56 Å². The molecule has 0 saturated carbocycles. The highest BCUT2D eigenvalue weighted by Gasteiger charge is 2.44. The maximum absolute atomic E-state index is 13.2. The van der Waals surface area contributed by atoms with Gasteiger partial charge in [-0.2, -0.15) is 0 Å². The summed E-state index contributed by atoms with van der Waals surface area (Å²) in [5, 5.41) is 13.0. The van der Waals surface area contributed by atoms with Crippen molar-refractivity contribution in [1.82, 2.24) is 15.1 Å². The largest absolute Gasteiger partial charge is 0.480 e. The molecular weight excluding hydrogens is 489 g/mol. The Morgan fingerprint density at radius 2 is 1.89 bits per heavy atom. The fraction of sp³-hybridized carbons (Fsp3) is 0.462. The molecule has 2 aromatic rings. The van der Waals surface area contributed by atoms with Gasteiger partial charge in [0.25, 0.3) is 11.6 Å². The third-order valence-electron chi connectivity index (χ3n) is 6.74. The standard InChI is InChI=1S/C26H31ClFN3O5/c1-17-14-31(18(2)13-30(17)15-19-4-7-21(28)8-5-19)24(32)16-35-22-9-6-20(27)12-23(22)36-26(25(33)34)10-3-11-29-26/h4-9,12,17-18,29H,3,10-11,13-16H2,1-2H3,(H,33,34). The molecule has 1 amide bonds. The number of hydrogen-bond donors (Lipinski definition) is 2. The zero-order valence-electron chi connectivity index (χ0n) is 20.4. The number of nitrogens with one attached hydrogen (secondary N) is 1. The number of carboxylic acid groups (broad SMARTS) is 1. The lowest BCUT2D eigenvalue weighted by Gasteiger charge is -2.44. The summed E-state index contributed by atoms with van der Waals surface area (Å²) in [6, 6.07) is 11.2. The number of carbonyl (C=O) groups is 2. The average Bonchev–Trinajstić information content (AvgIpc) is 3.32. The van der Waals surface area contributed by atoms with Crippen molar-refractivity contribution in [2.24, 2.45) is 0 Å².